The molecule has 2 heterocycles. The van der Waals surface area contributed by atoms with E-state index in [1.807, 2.05) is 30.3 Å². The van der Waals surface area contributed by atoms with E-state index in [0.29, 0.717) is 18.3 Å². The Bertz CT molecular complexity index is 801. The summed E-state index contributed by atoms with van der Waals surface area (Å²) in [6.07, 6.45) is 2.22. The molecular formula is C19H24N4O2. The van der Waals surface area contributed by atoms with Gasteiger partial charge < -0.3 is 5.32 Å². The van der Waals surface area contributed by atoms with Gasteiger partial charge in [-0.3, -0.25) is 14.5 Å². The number of hydrogen-bond acceptors (Lipinski definition) is 4. The Morgan fingerprint density at radius 3 is 2.80 bits per heavy atom. The largest absolute Gasteiger partial charge is 0.349 e. The van der Waals surface area contributed by atoms with Gasteiger partial charge in [0.15, 0.2) is 5.69 Å². The number of nitrogens with one attached hydrogen (secondary N) is 1. The van der Waals surface area contributed by atoms with Crippen molar-refractivity contribution < 1.29 is 4.79 Å². The van der Waals surface area contributed by atoms with Crippen LogP contribution in [-0.4, -0.2) is 46.3 Å². The quantitative estimate of drug-likeness (QED) is 0.900. The third-order valence-corrected chi connectivity index (χ3v) is 4.73. The van der Waals surface area contributed by atoms with Crippen LogP contribution in [0.15, 0.2) is 41.2 Å². The highest BCUT2D eigenvalue weighted by atomic mass is 16.2. The third kappa shape index (κ3) is 3.79. The molecule has 3 rings (SSSR count). The molecule has 1 saturated heterocycles. The standard InChI is InChI=1S/C19H24N4O2/c1-3-22-11-7-10-16(22)13-20-19(25)18-17(24)12-14(2)23(21-18)15-8-5-4-6-9-15/h4-6,8-9,12,16H,3,7,10-11,13H2,1-2H3,(H,20,25). The van der Waals surface area contributed by atoms with Crippen LogP contribution in [0.1, 0.15) is 35.9 Å². The summed E-state index contributed by atoms with van der Waals surface area (Å²) in [6, 6.07) is 11.3. The topological polar surface area (TPSA) is 67.2 Å². The summed E-state index contributed by atoms with van der Waals surface area (Å²) in [7, 11) is 0. The molecule has 0 bridgehead atoms. The molecule has 0 aliphatic carbocycles. The number of likely N-dealkylation sites (N-methyl/N-ethyl adjacent to an activating group) is 1. The number of aromatic nitrogens is 2. The first kappa shape index (κ1) is 17.4. The van der Waals surface area contributed by atoms with Gasteiger partial charge >= 0.3 is 0 Å². The number of carbonyl (C=O) groups is 1. The first-order valence-corrected chi connectivity index (χ1v) is 8.78. The van der Waals surface area contributed by atoms with Crippen LogP contribution < -0.4 is 10.7 Å². The maximum atomic E-state index is 12.5. The van der Waals surface area contributed by atoms with Crippen molar-refractivity contribution in [3.8, 4) is 5.69 Å². The number of rotatable bonds is 5. The second-order valence-corrected chi connectivity index (χ2v) is 6.38. The van der Waals surface area contributed by atoms with Crippen LogP contribution in [0.3, 0.4) is 0 Å². The molecule has 2 aromatic rings. The van der Waals surface area contributed by atoms with E-state index >= 15 is 0 Å². The lowest BCUT2D eigenvalue weighted by Gasteiger charge is -2.22. The summed E-state index contributed by atoms with van der Waals surface area (Å²) in [5.74, 6) is -0.405. The SMILES string of the molecule is CCN1CCCC1CNC(=O)c1nn(-c2ccccc2)c(C)cc1=O. The monoisotopic (exact) mass is 340 g/mol. The molecule has 0 saturated carbocycles. The van der Waals surface area contributed by atoms with Gasteiger partial charge in [-0.2, -0.15) is 5.10 Å². The van der Waals surface area contributed by atoms with Crippen LogP contribution in [0.4, 0.5) is 0 Å². The van der Waals surface area contributed by atoms with Gasteiger partial charge in [-0.15, -0.1) is 0 Å². The van der Waals surface area contributed by atoms with Crippen LogP contribution in [0, 0.1) is 6.92 Å². The zero-order chi connectivity index (χ0) is 17.8. The van der Waals surface area contributed by atoms with Gasteiger partial charge in [-0.1, -0.05) is 25.1 Å². The minimum Gasteiger partial charge on any atom is -0.349 e. The molecule has 1 aliphatic rings. The Morgan fingerprint density at radius 1 is 1.32 bits per heavy atom. The van der Waals surface area contributed by atoms with E-state index < -0.39 is 5.91 Å². The normalized spacial score (nSPS) is 17.6. The van der Waals surface area contributed by atoms with Crippen LogP contribution in [0.2, 0.25) is 0 Å². The number of para-hydroxylation sites is 1. The lowest BCUT2D eigenvalue weighted by molar-refractivity contribution is 0.0933. The van der Waals surface area contributed by atoms with Gasteiger partial charge in [0.05, 0.1) is 5.69 Å². The van der Waals surface area contributed by atoms with Gasteiger partial charge in [0.2, 0.25) is 5.43 Å². The first-order valence-electron chi connectivity index (χ1n) is 8.78. The molecule has 6 heteroatoms. The minimum absolute atomic E-state index is 0.0597. The molecule has 1 fully saturated rings. The van der Waals surface area contributed by atoms with Crippen LogP contribution in [0.25, 0.3) is 5.69 Å². The molecular weight excluding hydrogens is 316 g/mol. The predicted octanol–water partition coefficient (Wildman–Crippen LogP) is 1.76. The Kier molecular flexibility index (Phi) is 5.28. The van der Waals surface area contributed by atoms with E-state index in [4.69, 9.17) is 0 Å². The Hall–Kier alpha value is -2.47. The third-order valence-electron chi connectivity index (χ3n) is 4.73. The van der Waals surface area contributed by atoms with Crippen molar-refractivity contribution in [3.63, 3.8) is 0 Å². The average Bonchev–Trinajstić information content (AvgIpc) is 3.08. The predicted molar refractivity (Wildman–Crippen MR) is 97.2 cm³/mol. The van der Waals surface area contributed by atoms with E-state index in [9.17, 15) is 9.59 Å². The minimum atomic E-state index is -0.405. The summed E-state index contributed by atoms with van der Waals surface area (Å²) in [4.78, 5) is 27.1. The van der Waals surface area contributed by atoms with Gasteiger partial charge in [0.25, 0.3) is 5.91 Å². The lowest BCUT2D eigenvalue weighted by Crippen LogP contribution is -2.41. The summed E-state index contributed by atoms with van der Waals surface area (Å²) in [6.45, 7) is 6.53. The van der Waals surface area contributed by atoms with Crippen molar-refractivity contribution in [2.45, 2.75) is 32.7 Å². The zero-order valence-corrected chi connectivity index (χ0v) is 14.7. The summed E-state index contributed by atoms with van der Waals surface area (Å²) in [5.41, 5.74) is 1.11. The van der Waals surface area contributed by atoms with Crippen LogP contribution in [-0.2, 0) is 0 Å². The molecule has 1 aliphatic heterocycles. The first-order chi connectivity index (χ1) is 12.1. The van der Waals surface area contributed by atoms with Crippen LogP contribution >= 0.6 is 0 Å². The van der Waals surface area contributed by atoms with E-state index in [0.717, 1.165) is 31.6 Å². The zero-order valence-electron chi connectivity index (χ0n) is 14.7. The highest BCUT2D eigenvalue weighted by molar-refractivity contribution is 5.92. The van der Waals surface area contributed by atoms with Crippen molar-refractivity contribution in [1.29, 1.82) is 0 Å². The maximum absolute atomic E-state index is 12.5. The van der Waals surface area contributed by atoms with E-state index in [-0.39, 0.29) is 11.1 Å². The fourth-order valence-corrected chi connectivity index (χ4v) is 3.37. The molecule has 1 N–H and O–H groups in total. The summed E-state index contributed by atoms with van der Waals surface area (Å²) < 4.78 is 1.63. The second kappa shape index (κ2) is 7.61. The second-order valence-electron chi connectivity index (χ2n) is 6.38. The van der Waals surface area contributed by atoms with Crippen molar-refractivity contribution in [1.82, 2.24) is 20.0 Å². The Labute approximate surface area is 147 Å². The molecule has 25 heavy (non-hydrogen) atoms. The van der Waals surface area contributed by atoms with Gasteiger partial charge in [-0.05, 0) is 45.0 Å². The molecule has 1 atom stereocenters. The van der Waals surface area contributed by atoms with Crippen molar-refractivity contribution in [2.75, 3.05) is 19.6 Å². The van der Waals surface area contributed by atoms with E-state index in [1.54, 1.807) is 11.6 Å². The fourth-order valence-electron chi connectivity index (χ4n) is 3.37. The molecule has 0 radical (unpaired) electrons. The van der Waals surface area contributed by atoms with Crippen molar-refractivity contribution in [2.24, 2.45) is 0 Å². The number of aryl methyl sites for hydroxylation is 1. The number of carbonyl (C=O) groups excluding carboxylic acids is 1. The fraction of sp³-hybridized carbons (Fsp3) is 0.421. The van der Waals surface area contributed by atoms with E-state index in [2.05, 4.69) is 22.2 Å². The highest BCUT2D eigenvalue weighted by Crippen LogP contribution is 2.15. The van der Waals surface area contributed by atoms with Crippen LogP contribution in [0.5, 0.6) is 0 Å². The van der Waals surface area contributed by atoms with E-state index in [1.165, 1.54) is 6.07 Å². The summed E-state index contributed by atoms with van der Waals surface area (Å²) >= 11 is 0. The summed E-state index contributed by atoms with van der Waals surface area (Å²) in [5, 5.41) is 7.19. The lowest BCUT2D eigenvalue weighted by atomic mass is 10.2. The average molecular weight is 340 g/mol. The van der Waals surface area contributed by atoms with Crippen molar-refractivity contribution >= 4 is 5.91 Å². The molecule has 1 aromatic carbocycles. The van der Waals surface area contributed by atoms with Crippen molar-refractivity contribution in [3.05, 3.63) is 58.0 Å². The van der Waals surface area contributed by atoms with Gasteiger partial charge in [0, 0.05) is 24.3 Å². The van der Waals surface area contributed by atoms with Gasteiger partial charge in [0.1, 0.15) is 0 Å². The number of benzene rings is 1. The smallest absolute Gasteiger partial charge is 0.275 e. The number of likely N-dealkylation sites (tertiary alicyclic amines) is 1. The molecule has 1 unspecified atom stereocenters. The molecule has 132 valence electrons. The number of nitrogens with zero attached hydrogens (tertiary/aromatic N) is 3. The Balaban J connectivity index is 1.79. The molecule has 1 amide bonds. The molecule has 0 spiro atoms. The molecule has 6 nitrogen and oxygen atoms in total. The maximum Gasteiger partial charge on any atom is 0.275 e. The number of hydrogen-bond donors (Lipinski definition) is 1. The number of amides is 1. The molecule has 1 aromatic heterocycles. The van der Waals surface area contributed by atoms with Gasteiger partial charge in [-0.25, -0.2) is 4.68 Å². The Morgan fingerprint density at radius 2 is 2.08 bits per heavy atom. The highest BCUT2D eigenvalue weighted by Gasteiger charge is 2.24.